The van der Waals surface area contributed by atoms with E-state index in [0.29, 0.717) is 11.6 Å². The number of hydrogen-bond acceptors (Lipinski definition) is 2. The number of aromatic carboxylic acids is 1. The first-order valence-corrected chi connectivity index (χ1v) is 5.89. The fraction of sp³-hybridized carbons (Fsp3) is 0.462. The van der Waals surface area contributed by atoms with Gasteiger partial charge in [0.15, 0.2) is 0 Å². The molecule has 0 radical (unpaired) electrons. The summed E-state index contributed by atoms with van der Waals surface area (Å²) in [6.45, 7) is 3.89. The fourth-order valence-electron chi connectivity index (χ4n) is 2.25. The number of hydrogen-bond donors (Lipinski definition) is 1. The highest BCUT2D eigenvalue weighted by molar-refractivity contribution is 5.88. The SMILES string of the molecule is CCCC1CN(c2ccc(C(=O)O)cc2F)C1. The van der Waals surface area contributed by atoms with Crippen LogP contribution < -0.4 is 4.90 Å². The van der Waals surface area contributed by atoms with Gasteiger partial charge in [-0.25, -0.2) is 9.18 Å². The normalized spacial score (nSPS) is 15.8. The third-order valence-electron chi connectivity index (χ3n) is 3.19. The van der Waals surface area contributed by atoms with Crippen molar-refractivity contribution < 1.29 is 14.3 Å². The molecule has 0 atom stereocenters. The van der Waals surface area contributed by atoms with Crippen molar-refractivity contribution in [1.29, 1.82) is 0 Å². The average molecular weight is 237 g/mol. The highest BCUT2D eigenvalue weighted by Crippen LogP contribution is 2.29. The third kappa shape index (κ3) is 2.40. The number of carboxylic acid groups (broad SMARTS) is 1. The van der Waals surface area contributed by atoms with Gasteiger partial charge in [0.25, 0.3) is 0 Å². The minimum atomic E-state index is -1.09. The van der Waals surface area contributed by atoms with Crippen molar-refractivity contribution in [3.05, 3.63) is 29.6 Å². The van der Waals surface area contributed by atoms with Crippen LogP contribution in [0.3, 0.4) is 0 Å². The number of benzene rings is 1. The van der Waals surface area contributed by atoms with Crippen LogP contribution in [0.5, 0.6) is 0 Å². The van der Waals surface area contributed by atoms with Gasteiger partial charge in [0.05, 0.1) is 11.3 Å². The quantitative estimate of drug-likeness (QED) is 0.875. The first kappa shape index (κ1) is 11.9. The molecule has 1 heterocycles. The Morgan fingerprint density at radius 1 is 1.53 bits per heavy atom. The molecule has 1 aliphatic rings. The zero-order valence-corrected chi connectivity index (χ0v) is 9.82. The number of nitrogens with zero attached hydrogens (tertiary/aromatic N) is 1. The number of anilines is 1. The summed E-state index contributed by atoms with van der Waals surface area (Å²) in [6, 6.07) is 4.10. The molecule has 1 aliphatic heterocycles. The van der Waals surface area contributed by atoms with Gasteiger partial charge in [-0.05, 0) is 30.5 Å². The van der Waals surface area contributed by atoms with Crippen molar-refractivity contribution in [2.75, 3.05) is 18.0 Å². The number of carboxylic acids is 1. The summed E-state index contributed by atoms with van der Waals surface area (Å²) in [6.07, 6.45) is 2.32. The Kier molecular flexibility index (Phi) is 3.31. The summed E-state index contributed by atoms with van der Waals surface area (Å²) in [5.74, 6) is -0.888. The maximum Gasteiger partial charge on any atom is 0.335 e. The molecule has 1 N–H and O–H groups in total. The second kappa shape index (κ2) is 4.73. The second-order valence-corrected chi connectivity index (χ2v) is 4.53. The molecule has 0 bridgehead atoms. The largest absolute Gasteiger partial charge is 0.478 e. The molecule has 0 aromatic heterocycles. The van der Waals surface area contributed by atoms with Crippen LogP contribution in [-0.4, -0.2) is 24.2 Å². The second-order valence-electron chi connectivity index (χ2n) is 4.53. The van der Waals surface area contributed by atoms with Crippen LogP contribution in [0, 0.1) is 11.7 Å². The molecule has 0 amide bonds. The number of rotatable bonds is 4. The highest BCUT2D eigenvalue weighted by atomic mass is 19.1. The van der Waals surface area contributed by atoms with Gasteiger partial charge in [0.1, 0.15) is 5.82 Å². The average Bonchev–Trinajstić information content (AvgIpc) is 2.23. The Morgan fingerprint density at radius 2 is 2.24 bits per heavy atom. The van der Waals surface area contributed by atoms with Crippen molar-refractivity contribution in [1.82, 2.24) is 0 Å². The molecule has 4 heteroatoms. The van der Waals surface area contributed by atoms with E-state index in [0.717, 1.165) is 25.6 Å². The lowest BCUT2D eigenvalue weighted by molar-refractivity contribution is 0.0696. The van der Waals surface area contributed by atoms with Crippen molar-refractivity contribution in [2.24, 2.45) is 5.92 Å². The van der Waals surface area contributed by atoms with E-state index in [1.54, 1.807) is 6.07 Å². The van der Waals surface area contributed by atoms with Crippen LogP contribution in [0.25, 0.3) is 0 Å². The fourth-order valence-corrected chi connectivity index (χ4v) is 2.25. The van der Waals surface area contributed by atoms with E-state index in [2.05, 4.69) is 6.92 Å². The van der Waals surface area contributed by atoms with E-state index in [1.807, 2.05) is 4.90 Å². The zero-order chi connectivity index (χ0) is 12.4. The maximum absolute atomic E-state index is 13.7. The Hall–Kier alpha value is -1.58. The monoisotopic (exact) mass is 237 g/mol. The van der Waals surface area contributed by atoms with E-state index >= 15 is 0 Å². The first-order valence-electron chi connectivity index (χ1n) is 5.89. The minimum absolute atomic E-state index is 0.00289. The van der Waals surface area contributed by atoms with E-state index in [4.69, 9.17) is 5.11 Å². The summed E-state index contributed by atoms with van der Waals surface area (Å²) in [7, 11) is 0. The Balaban J connectivity index is 2.06. The van der Waals surface area contributed by atoms with Gasteiger partial charge in [0, 0.05) is 13.1 Å². The standard InChI is InChI=1S/C13H16FNO2/c1-2-3-9-7-15(8-9)12-5-4-10(13(16)17)6-11(12)14/h4-6,9H,2-3,7-8H2,1H3,(H,16,17). The molecule has 3 nitrogen and oxygen atoms in total. The van der Waals surface area contributed by atoms with Gasteiger partial charge in [-0.3, -0.25) is 0 Å². The first-order chi connectivity index (χ1) is 8.11. The van der Waals surface area contributed by atoms with Gasteiger partial charge in [-0.15, -0.1) is 0 Å². The summed E-state index contributed by atoms with van der Waals surface area (Å²) in [5, 5.41) is 8.74. The predicted molar refractivity (Wildman–Crippen MR) is 64.0 cm³/mol. The third-order valence-corrected chi connectivity index (χ3v) is 3.19. The summed E-state index contributed by atoms with van der Waals surface area (Å²) < 4.78 is 13.7. The minimum Gasteiger partial charge on any atom is -0.478 e. The summed E-state index contributed by atoms with van der Waals surface area (Å²) in [4.78, 5) is 12.6. The lowest BCUT2D eigenvalue weighted by Gasteiger charge is -2.41. The van der Waals surface area contributed by atoms with Gasteiger partial charge in [-0.2, -0.15) is 0 Å². The van der Waals surface area contributed by atoms with E-state index in [9.17, 15) is 9.18 Å². The Labute approximate surface area is 99.9 Å². The lowest BCUT2D eigenvalue weighted by atomic mass is 9.94. The van der Waals surface area contributed by atoms with Gasteiger partial charge in [0.2, 0.25) is 0 Å². The van der Waals surface area contributed by atoms with Crippen LogP contribution in [0.1, 0.15) is 30.1 Å². The smallest absolute Gasteiger partial charge is 0.335 e. The molecular formula is C13H16FNO2. The molecule has 2 rings (SSSR count). The van der Waals surface area contributed by atoms with E-state index < -0.39 is 11.8 Å². The van der Waals surface area contributed by atoms with Gasteiger partial charge in [-0.1, -0.05) is 13.3 Å². The summed E-state index contributed by atoms with van der Waals surface area (Å²) >= 11 is 0. The van der Waals surface area contributed by atoms with Crippen LogP contribution in [-0.2, 0) is 0 Å². The van der Waals surface area contributed by atoms with Crippen molar-refractivity contribution in [2.45, 2.75) is 19.8 Å². The topological polar surface area (TPSA) is 40.5 Å². The summed E-state index contributed by atoms with van der Waals surface area (Å²) in [5.41, 5.74) is 0.513. The maximum atomic E-state index is 13.7. The Bertz CT molecular complexity index is 427. The molecule has 1 saturated heterocycles. The van der Waals surface area contributed by atoms with Crippen LogP contribution in [0.15, 0.2) is 18.2 Å². The van der Waals surface area contributed by atoms with Crippen molar-refractivity contribution in [3.63, 3.8) is 0 Å². The van der Waals surface area contributed by atoms with Gasteiger partial charge >= 0.3 is 5.97 Å². The molecule has 0 saturated carbocycles. The predicted octanol–water partition coefficient (Wildman–Crippen LogP) is 2.76. The van der Waals surface area contributed by atoms with Crippen LogP contribution in [0.2, 0.25) is 0 Å². The molecule has 0 spiro atoms. The molecule has 17 heavy (non-hydrogen) atoms. The molecule has 1 fully saturated rings. The molecule has 1 aromatic carbocycles. The van der Waals surface area contributed by atoms with Crippen LogP contribution >= 0.6 is 0 Å². The zero-order valence-electron chi connectivity index (χ0n) is 9.82. The molecular weight excluding hydrogens is 221 g/mol. The van der Waals surface area contributed by atoms with Crippen LogP contribution in [0.4, 0.5) is 10.1 Å². The van der Waals surface area contributed by atoms with Gasteiger partial charge < -0.3 is 10.0 Å². The van der Waals surface area contributed by atoms with Crippen molar-refractivity contribution in [3.8, 4) is 0 Å². The lowest BCUT2D eigenvalue weighted by Crippen LogP contribution is -2.47. The number of halogens is 1. The molecule has 92 valence electrons. The molecule has 0 unspecified atom stereocenters. The number of carbonyl (C=O) groups is 1. The highest BCUT2D eigenvalue weighted by Gasteiger charge is 2.27. The Morgan fingerprint density at radius 3 is 2.76 bits per heavy atom. The van der Waals surface area contributed by atoms with E-state index in [1.165, 1.54) is 12.5 Å². The van der Waals surface area contributed by atoms with E-state index in [-0.39, 0.29) is 5.56 Å². The molecule has 0 aliphatic carbocycles. The molecule has 1 aromatic rings. The van der Waals surface area contributed by atoms with Crippen molar-refractivity contribution >= 4 is 11.7 Å².